The number of aromatic amines is 1. The van der Waals surface area contributed by atoms with Crippen LogP contribution in [0.5, 0.6) is 5.75 Å². The van der Waals surface area contributed by atoms with Crippen LogP contribution in [-0.4, -0.2) is 86.3 Å². The Morgan fingerprint density at radius 1 is 1.28 bits per heavy atom. The first-order chi connectivity index (χ1) is 17.4. The van der Waals surface area contributed by atoms with Crippen LogP contribution in [0.15, 0.2) is 24.8 Å². The molecule has 11 heteroatoms. The minimum absolute atomic E-state index is 0.204. The summed E-state index contributed by atoms with van der Waals surface area (Å²) in [6.07, 6.45) is 7.36. The molecular weight excluding hydrogens is 476 g/mol. The number of ether oxygens (including phenoxy) is 1. The molecule has 1 aliphatic heterocycles. The van der Waals surface area contributed by atoms with Crippen molar-refractivity contribution < 1.29 is 9.53 Å². The fourth-order valence-corrected chi connectivity index (χ4v) is 5.94. The Kier molecular flexibility index (Phi) is 6.76. The summed E-state index contributed by atoms with van der Waals surface area (Å²) in [7, 11) is 5.49. The number of H-pyrrole nitrogens is 1. The molecule has 0 atom stereocenters. The largest absolute Gasteiger partial charge is 0.493 e. The van der Waals surface area contributed by atoms with Crippen LogP contribution in [0.25, 0.3) is 27.6 Å². The maximum atomic E-state index is 12.4. The van der Waals surface area contributed by atoms with Gasteiger partial charge < -0.3 is 14.5 Å². The lowest BCUT2D eigenvalue weighted by atomic mass is 9.96. The van der Waals surface area contributed by atoms with E-state index >= 15 is 0 Å². The number of fused-ring (bicyclic) bond motifs is 1. The number of hydrogen-bond acceptors (Lipinski definition) is 8. The van der Waals surface area contributed by atoms with E-state index in [0.29, 0.717) is 23.9 Å². The van der Waals surface area contributed by atoms with E-state index in [2.05, 4.69) is 29.0 Å². The van der Waals surface area contributed by atoms with E-state index < -0.39 is 0 Å². The lowest BCUT2D eigenvalue weighted by Gasteiger charge is -2.32. The van der Waals surface area contributed by atoms with Crippen molar-refractivity contribution in [1.82, 2.24) is 39.6 Å². The van der Waals surface area contributed by atoms with E-state index in [1.165, 1.54) is 11.2 Å². The maximum absolute atomic E-state index is 12.4. The minimum atomic E-state index is 0.204. The lowest BCUT2D eigenvalue weighted by molar-refractivity contribution is -0.132. The highest BCUT2D eigenvalue weighted by Gasteiger charge is 2.27. The van der Waals surface area contributed by atoms with Crippen molar-refractivity contribution in [3.8, 4) is 27.7 Å². The Balaban J connectivity index is 1.40. The predicted octanol–water partition coefficient (Wildman–Crippen LogP) is 3.64. The Labute approximate surface area is 214 Å². The molecule has 0 saturated carbocycles. The summed E-state index contributed by atoms with van der Waals surface area (Å²) in [6.45, 7) is 6.38. The number of nitrogens with zero attached hydrogens (tertiary/aromatic N) is 7. The molecule has 190 valence electrons. The third-order valence-electron chi connectivity index (χ3n) is 6.66. The molecule has 1 N–H and O–H groups in total. The highest BCUT2D eigenvalue weighted by molar-refractivity contribution is 7.15. The molecule has 0 radical (unpaired) electrons. The molecule has 5 heterocycles. The van der Waals surface area contributed by atoms with Gasteiger partial charge in [-0.3, -0.25) is 9.89 Å². The molecule has 36 heavy (non-hydrogen) atoms. The summed E-state index contributed by atoms with van der Waals surface area (Å²) in [5.74, 6) is 1.50. The topological polar surface area (TPSA) is 105 Å². The normalized spacial score (nSPS) is 14.9. The summed E-state index contributed by atoms with van der Waals surface area (Å²) >= 11 is 1.72. The SMILES string of the molecule is COc1cc(-c2n[nH]c(-c3ncc(C4CCN(C(=O)CN(C)C)CC4)s3)c2C(C)C)cn2ncnc12. The molecule has 1 saturated heterocycles. The molecule has 1 amide bonds. The zero-order valence-corrected chi connectivity index (χ0v) is 22.2. The van der Waals surface area contributed by atoms with Gasteiger partial charge in [-0.25, -0.2) is 14.5 Å². The van der Waals surface area contributed by atoms with E-state index in [9.17, 15) is 4.79 Å². The molecule has 0 aromatic carbocycles. The molecule has 4 aromatic rings. The molecule has 5 rings (SSSR count). The number of carbonyl (C=O) groups is 1. The average molecular weight is 509 g/mol. The Morgan fingerprint density at radius 3 is 2.75 bits per heavy atom. The Hall–Kier alpha value is -3.31. The summed E-state index contributed by atoms with van der Waals surface area (Å²) in [5, 5.41) is 13.2. The molecule has 1 fully saturated rings. The quantitative estimate of drug-likeness (QED) is 0.406. The van der Waals surface area contributed by atoms with Crippen molar-refractivity contribution in [3.63, 3.8) is 0 Å². The molecular formula is C25H32N8O2S. The molecule has 10 nitrogen and oxygen atoms in total. The summed E-state index contributed by atoms with van der Waals surface area (Å²) in [5.41, 5.74) is 4.50. The van der Waals surface area contributed by atoms with Gasteiger partial charge in [0.2, 0.25) is 5.91 Å². The third kappa shape index (κ3) is 4.60. The number of hydrogen-bond donors (Lipinski definition) is 1. The van der Waals surface area contributed by atoms with Crippen molar-refractivity contribution in [2.45, 2.75) is 38.5 Å². The number of piperidine rings is 1. The number of aromatic nitrogens is 6. The summed E-state index contributed by atoms with van der Waals surface area (Å²) in [4.78, 5) is 26.6. The van der Waals surface area contributed by atoms with Crippen molar-refractivity contribution in [2.75, 3.05) is 40.8 Å². The fourth-order valence-electron chi connectivity index (χ4n) is 4.85. The maximum Gasteiger partial charge on any atom is 0.236 e. The molecule has 1 aliphatic rings. The number of likely N-dealkylation sites (N-methyl/N-ethyl adjacent to an activating group) is 1. The number of methoxy groups -OCH3 is 1. The Morgan fingerprint density at radius 2 is 2.06 bits per heavy atom. The Bertz CT molecular complexity index is 1360. The second-order valence-corrected chi connectivity index (χ2v) is 10.9. The zero-order valence-electron chi connectivity index (χ0n) is 21.4. The third-order valence-corrected chi connectivity index (χ3v) is 7.83. The van der Waals surface area contributed by atoms with Gasteiger partial charge in [0.1, 0.15) is 11.3 Å². The minimum Gasteiger partial charge on any atom is -0.493 e. The first-order valence-corrected chi connectivity index (χ1v) is 13.0. The molecule has 0 spiro atoms. The first-order valence-electron chi connectivity index (χ1n) is 12.2. The van der Waals surface area contributed by atoms with Crippen LogP contribution in [0, 0.1) is 0 Å². The van der Waals surface area contributed by atoms with Crippen molar-refractivity contribution in [3.05, 3.63) is 35.2 Å². The number of pyridine rings is 1. The number of carbonyl (C=O) groups excluding carboxylic acids is 1. The van der Waals surface area contributed by atoms with Gasteiger partial charge in [-0.1, -0.05) is 13.8 Å². The first kappa shape index (κ1) is 24.4. The van der Waals surface area contributed by atoms with Gasteiger partial charge in [0.25, 0.3) is 0 Å². The number of likely N-dealkylation sites (tertiary alicyclic amines) is 1. The highest BCUT2D eigenvalue weighted by Crippen LogP contribution is 2.40. The van der Waals surface area contributed by atoms with Gasteiger partial charge in [-0.2, -0.15) is 10.2 Å². The van der Waals surface area contributed by atoms with Gasteiger partial charge in [-0.15, -0.1) is 11.3 Å². The van der Waals surface area contributed by atoms with Crippen molar-refractivity contribution >= 4 is 22.9 Å². The van der Waals surface area contributed by atoms with E-state index in [-0.39, 0.29) is 11.8 Å². The van der Waals surface area contributed by atoms with Crippen LogP contribution >= 0.6 is 11.3 Å². The monoisotopic (exact) mass is 508 g/mol. The molecule has 0 unspecified atom stereocenters. The number of amides is 1. The van der Waals surface area contributed by atoms with Crippen molar-refractivity contribution in [1.29, 1.82) is 0 Å². The zero-order chi connectivity index (χ0) is 25.4. The highest BCUT2D eigenvalue weighted by atomic mass is 32.1. The molecule has 0 bridgehead atoms. The molecule has 0 aliphatic carbocycles. The van der Waals surface area contributed by atoms with Gasteiger partial charge in [-0.05, 0) is 44.8 Å². The second-order valence-electron chi connectivity index (χ2n) is 9.80. The van der Waals surface area contributed by atoms with Crippen LogP contribution in [0.1, 0.15) is 49.0 Å². The smallest absolute Gasteiger partial charge is 0.236 e. The second kappa shape index (κ2) is 9.98. The number of thiazole rings is 1. The van der Waals surface area contributed by atoms with E-state index in [4.69, 9.17) is 14.8 Å². The summed E-state index contributed by atoms with van der Waals surface area (Å²) < 4.78 is 7.26. The van der Waals surface area contributed by atoms with Gasteiger partial charge in [0.05, 0.1) is 25.0 Å². The number of rotatable bonds is 7. The number of nitrogens with one attached hydrogen (secondary N) is 1. The average Bonchev–Trinajstić information content (AvgIpc) is 3.61. The summed E-state index contributed by atoms with van der Waals surface area (Å²) in [6, 6.07) is 1.95. The van der Waals surface area contributed by atoms with Gasteiger partial charge in [0, 0.05) is 41.5 Å². The van der Waals surface area contributed by atoms with Crippen LogP contribution in [0.3, 0.4) is 0 Å². The predicted molar refractivity (Wildman–Crippen MR) is 139 cm³/mol. The van der Waals surface area contributed by atoms with Gasteiger partial charge >= 0.3 is 0 Å². The lowest BCUT2D eigenvalue weighted by Crippen LogP contribution is -2.42. The standard InChI is InChI=1S/C25H32N8O2S/c1-15(2)21-22(17-10-18(35-5)24-27-14-28-33(24)12-17)29-30-23(21)25-26-11-19(36-25)16-6-8-32(9-7-16)20(34)13-31(3)4/h10-12,14-16H,6-9,13H2,1-5H3,(H,29,30). The van der Waals surface area contributed by atoms with E-state index in [1.54, 1.807) is 23.0 Å². The fraction of sp³-hybridized carbons (Fsp3) is 0.480. The van der Waals surface area contributed by atoms with Crippen LogP contribution < -0.4 is 4.74 Å². The van der Waals surface area contributed by atoms with Crippen LogP contribution in [-0.2, 0) is 4.79 Å². The van der Waals surface area contributed by atoms with Crippen LogP contribution in [0.2, 0.25) is 0 Å². The van der Waals surface area contributed by atoms with Crippen molar-refractivity contribution in [2.24, 2.45) is 0 Å². The van der Waals surface area contributed by atoms with Crippen LogP contribution in [0.4, 0.5) is 0 Å². The van der Waals surface area contributed by atoms with Gasteiger partial charge in [0.15, 0.2) is 11.4 Å². The molecule has 4 aromatic heterocycles. The van der Waals surface area contributed by atoms with E-state index in [1.807, 2.05) is 42.4 Å². The van der Waals surface area contributed by atoms with E-state index in [0.717, 1.165) is 53.5 Å².